The fraction of sp³-hybridized carbons (Fsp3) is 0.222. The minimum atomic E-state index is -0.798. The van der Waals surface area contributed by atoms with E-state index >= 15 is 0 Å². The molecule has 0 spiro atoms. The average Bonchev–Trinajstić information content (AvgIpc) is 3.20. The highest BCUT2D eigenvalue weighted by Crippen LogP contribution is 2.32. The van der Waals surface area contributed by atoms with Crippen molar-refractivity contribution in [2.45, 2.75) is 25.3 Å². The van der Waals surface area contributed by atoms with E-state index in [1.807, 2.05) is 66.7 Å². The fourth-order valence-corrected chi connectivity index (χ4v) is 4.24. The van der Waals surface area contributed by atoms with Crippen molar-refractivity contribution in [3.05, 3.63) is 108 Å². The van der Waals surface area contributed by atoms with E-state index in [9.17, 15) is 14.4 Å². The van der Waals surface area contributed by atoms with Gasteiger partial charge in [0, 0.05) is 11.5 Å². The fourth-order valence-electron chi connectivity index (χ4n) is 4.24. The van der Waals surface area contributed by atoms with Crippen molar-refractivity contribution in [3.8, 4) is 0 Å². The second-order valence-corrected chi connectivity index (χ2v) is 8.04. The number of benzene rings is 3. The first-order chi connectivity index (χ1) is 15.6. The minimum Gasteiger partial charge on any atom is -0.447 e. The van der Waals surface area contributed by atoms with Crippen molar-refractivity contribution in [2.24, 2.45) is 5.92 Å². The maximum Gasteiger partial charge on any atom is 0.417 e. The molecule has 2 amide bonds. The summed E-state index contributed by atoms with van der Waals surface area (Å²) in [5.41, 5.74) is 2.25. The number of rotatable bonds is 7. The van der Waals surface area contributed by atoms with Crippen molar-refractivity contribution in [1.29, 1.82) is 0 Å². The molecule has 0 bridgehead atoms. The van der Waals surface area contributed by atoms with Crippen LogP contribution in [0.1, 0.15) is 34.3 Å². The lowest BCUT2D eigenvalue weighted by Gasteiger charge is -2.28. The molecule has 5 nitrogen and oxygen atoms in total. The maximum atomic E-state index is 13.8. The van der Waals surface area contributed by atoms with Gasteiger partial charge in [0.15, 0.2) is 5.78 Å². The lowest BCUT2D eigenvalue weighted by Crippen LogP contribution is -2.45. The number of imide groups is 1. The SMILES string of the molecule is CC(C(=O)c1ccccc1)[C@H](C(=O)N1C(=O)OC[C@H]1Cc1ccccc1)c1ccccc1. The molecule has 0 radical (unpaired) electrons. The highest BCUT2D eigenvalue weighted by atomic mass is 16.6. The minimum absolute atomic E-state index is 0.139. The van der Waals surface area contributed by atoms with Crippen LogP contribution in [-0.2, 0) is 16.0 Å². The first-order valence-electron chi connectivity index (χ1n) is 10.7. The predicted molar refractivity (Wildman–Crippen MR) is 121 cm³/mol. The molecule has 32 heavy (non-hydrogen) atoms. The van der Waals surface area contributed by atoms with Crippen LogP contribution in [0, 0.1) is 5.92 Å². The van der Waals surface area contributed by atoms with Crippen LogP contribution < -0.4 is 0 Å². The zero-order valence-electron chi connectivity index (χ0n) is 17.9. The topological polar surface area (TPSA) is 63.7 Å². The largest absolute Gasteiger partial charge is 0.447 e. The summed E-state index contributed by atoms with van der Waals surface area (Å²) in [5, 5.41) is 0. The lowest BCUT2D eigenvalue weighted by molar-refractivity contribution is -0.131. The molecule has 4 rings (SSSR count). The smallest absolute Gasteiger partial charge is 0.417 e. The third kappa shape index (κ3) is 4.47. The van der Waals surface area contributed by atoms with Crippen molar-refractivity contribution in [2.75, 3.05) is 6.61 Å². The molecule has 162 valence electrons. The molecule has 3 aromatic carbocycles. The van der Waals surface area contributed by atoms with Gasteiger partial charge < -0.3 is 4.74 Å². The van der Waals surface area contributed by atoms with Crippen LogP contribution in [0.4, 0.5) is 4.79 Å². The number of ketones is 1. The number of hydrogen-bond acceptors (Lipinski definition) is 4. The summed E-state index contributed by atoms with van der Waals surface area (Å²) >= 11 is 0. The van der Waals surface area contributed by atoms with Crippen molar-refractivity contribution in [1.82, 2.24) is 4.90 Å². The molecule has 0 aromatic heterocycles. The molecule has 1 saturated heterocycles. The summed E-state index contributed by atoms with van der Waals surface area (Å²) < 4.78 is 5.26. The zero-order chi connectivity index (χ0) is 22.5. The van der Waals surface area contributed by atoms with Gasteiger partial charge in [-0.25, -0.2) is 9.69 Å². The Kier molecular flexibility index (Phi) is 6.45. The van der Waals surface area contributed by atoms with Crippen LogP contribution in [-0.4, -0.2) is 35.3 Å². The monoisotopic (exact) mass is 427 g/mol. The van der Waals surface area contributed by atoms with E-state index in [-0.39, 0.29) is 12.4 Å². The molecule has 0 aliphatic carbocycles. The van der Waals surface area contributed by atoms with E-state index in [1.54, 1.807) is 31.2 Å². The Hall–Kier alpha value is -3.73. The van der Waals surface area contributed by atoms with Crippen LogP contribution in [0.2, 0.25) is 0 Å². The summed E-state index contributed by atoms with van der Waals surface area (Å²) in [6.07, 6.45) is -0.155. The Bertz CT molecular complexity index is 1080. The molecular weight excluding hydrogens is 402 g/mol. The van der Waals surface area contributed by atoms with Gasteiger partial charge in [0.1, 0.15) is 6.61 Å². The van der Waals surface area contributed by atoms with E-state index in [0.717, 1.165) is 5.56 Å². The van der Waals surface area contributed by atoms with Gasteiger partial charge >= 0.3 is 6.09 Å². The van der Waals surface area contributed by atoms with Crippen LogP contribution in [0.5, 0.6) is 0 Å². The summed E-state index contributed by atoms with van der Waals surface area (Å²) in [6.45, 7) is 1.89. The number of ether oxygens (including phenoxy) is 1. The second kappa shape index (κ2) is 9.60. The molecule has 5 heteroatoms. The number of amides is 2. The summed E-state index contributed by atoms with van der Waals surface area (Å²) in [6, 6.07) is 27.4. The maximum absolute atomic E-state index is 13.8. The van der Waals surface area contributed by atoms with Gasteiger partial charge in [-0.05, 0) is 17.5 Å². The quantitative estimate of drug-likeness (QED) is 0.504. The van der Waals surface area contributed by atoms with E-state index in [2.05, 4.69) is 0 Å². The predicted octanol–water partition coefficient (Wildman–Crippen LogP) is 4.88. The van der Waals surface area contributed by atoms with Gasteiger partial charge in [-0.3, -0.25) is 9.59 Å². The molecule has 3 atom stereocenters. The average molecular weight is 428 g/mol. The van der Waals surface area contributed by atoms with E-state index in [1.165, 1.54) is 4.90 Å². The third-order valence-electron chi connectivity index (χ3n) is 5.91. The highest BCUT2D eigenvalue weighted by Gasteiger charge is 2.44. The molecule has 0 saturated carbocycles. The number of carbonyl (C=O) groups is 3. The zero-order valence-corrected chi connectivity index (χ0v) is 17.9. The Morgan fingerprint density at radius 1 is 0.906 bits per heavy atom. The van der Waals surface area contributed by atoms with E-state index in [4.69, 9.17) is 4.74 Å². The molecule has 1 aliphatic rings. The first kappa shape index (κ1) is 21.5. The Morgan fingerprint density at radius 2 is 1.47 bits per heavy atom. The molecule has 0 N–H and O–H groups in total. The number of Topliss-reactive ketones (excluding diaryl/α,β-unsaturated/α-hetero) is 1. The normalized spacial score (nSPS) is 17.5. The van der Waals surface area contributed by atoms with Gasteiger partial charge in [-0.1, -0.05) is 97.9 Å². The molecular formula is C27H25NO4. The molecule has 1 heterocycles. The van der Waals surface area contributed by atoms with Gasteiger partial charge in [0.2, 0.25) is 5.91 Å². The Morgan fingerprint density at radius 3 is 2.09 bits per heavy atom. The summed E-state index contributed by atoms with van der Waals surface area (Å²) in [5.74, 6) is -2.00. The van der Waals surface area contributed by atoms with Gasteiger partial charge in [0.05, 0.1) is 12.0 Å². The highest BCUT2D eigenvalue weighted by molar-refractivity contribution is 6.04. The molecule has 1 unspecified atom stereocenters. The van der Waals surface area contributed by atoms with Crippen molar-refractivity contribution < 1.29 is 19.1 Å². The molecule has 1 fully saturated rings. The van der Waals surface area contributed by atoms with Crippen LogP contribution >= 0.6 is 0 Å². The lowest BCUT2D eigenvalue weighted by atomic mass is 9.81. The summed E-state index contributed by atoms with van der Waals surface area (Å²) in [7, 11) is 0. The van der Waals surface area contributed by atoms with Gasteiger partial charge in [-0.2, -0.15) is 0 Å². The standard InChI is InChI=1S/C27H25NO4/c1-19(25(29)22-15-9-4-10-16-22)24(21-13-7-3-8-14-21)26(30)28-23(18-32-27(28)31)17-20-11-5-2-6-12-20/h2-16,19,23-24H,17-18H2,1H3/t19?,23-,24+/m1/s1. The van der Waals surface area contributed by atoms with E-state index in [0.29, 0.717) is 17.5 Å². The van der Waals surface area contributed by atoms with Crippen molar-refractivity contribution >= 4 is 17.8 Å². The van der Waals surface area contributed by atoms with Crippen LogP contribution in [0.3, 0.4) is 0 Å². The van der Waals surface area contributed by atoms with Crippen LogP contribution in [0.15, 0.2) is 91.0 Å². The Labute approximate surface area is 187 Å². The van der Waals surface area contributed by atoms with E-state index < -0.39 is 29.9 Å². The number of nitrogens with zero attached hydrogens (tertiary/aromatic N) is 1. The first-order valence-corrected chi connectivity index (χ1v) is 10.7. The Balaban J connectivity index is 1.66. The molecule has 3 aromatic rings. The third-order valence-corrected chi connectivity index (χ3v) is 5.91. The van der Waals surface area contributed by atoms with Gasteiger partial charge in [-0.15, -0.1) is 0 Å². The number of cyclic esters (lactones) is 1. The number of carbonyl (C=O) groups excluding carboxylic acids is 3. The van der Waals surface area contributed by atoms with Crippen molar-refractivity contribution in [3.63, 3.8) is 0 Å². The summed E-state index contributed by atoms with van der Waals surface area (Å²) in [4.78, 5) is 40.9. The molecule has 1 aliphatic heterocycles. The van der Waals surface area contributed by atoms with Gasteiger partial charge in [0.25, 0.3) is 0 Å². The number of hydrogen-bond donors (Lipinski definition) is 0. The second-order valence-electron chi connectivity index (χ2n) is 8.04. The van der Waals surface area contributed by atoms with Crippen LogP contribution in [0.25, 0.3) is 0 Å².